The predicted octanol–water partition coefficient (Wildman–Crippen LogP) is 2.71. The molecule has 0 bridgehead atoms. The molecule has 0 aliphatic heterocycles. The molecule has 0 saturated carbocycles. The Bertz CT molecular complexity index is 969. The molecule has 1 N–H and O–H groups in total. The Morgan fingerprint density at radius 3 is 2.75 bits per heavy atom. The van der Waals surface area contributed by atoms with Gasteiger partial charge in [-0.15, -0.1) is 0 Å². The van der Waals surface area contributed by atoms with Crippen molar-refractivity contribution in [3.63, 3.8) is 0 Å². The summed E-state index contributed by atoms with van der Waals surface area (Å²) in [6, 6.07) is 8.24. The van der Waals surface area contributed by atoms with E-state index in [0.29, 0.717) is 24.1 Å². The molecule has 2 aromatic heterocycles. The summed E-state index contributed by atoms with van der Waals surface area (Å²) in [5, 5.41) is 8.01. The smallest absolute Gasteiger partial charge is 0.336 e. The Morgan fingerprint density at radius 1 is 1.25 bits per heavy atom. The second-order valence-corrected chi connectivity index (χ2v) is 5.83. The molecular formula is C18H19N3O3. The fourth-order valence-corrected chi connectivity index (χ4v) is 2.79. The van der Waals surface area contributed by atoms with E-state index in [4.69, 9.17) is 4.42 Å². The van der Waals surface area contributed by atoms with Crippen LogP contribution in [0.3, 0.4) is 0 Å². The van der Waals surface area contributed by atoms with Gasteiger partial charge in [-0.05, 0) is 50.1 Å². The first kappa shape index (κ1) is 16.0. The van der Waals surface area contributed by atoms with Crippen molar-refractivity contribution in [2.45, 2.75) is 26.7 Å². The van der Waals surface area contributed by atoms with E-state index >= 15 is 0 Å². The van der Waals surface area contributed by atoms with Gasteiger partial charge in [0.05, 0.1) is 5.69 Å². The first-order valence-corrected chi connectivity index (χ1v) is 7.77. The van der Waals surface area contributed by atoms with Gasteiger partial charge in [0.25, 0.3) is 0 Å². The SMILES string of the molecule is Cc1nn(C)c(C)c1CCC(=O)Nc1ccc2oc(=O)ccc2c1. The molecule has 0 atom stereocenters. The van der Waals surface area contributed by atoms with E-state index in [1.54, 1.807) is 24.3 Å². The third-order valence-corrected chi connectivity index (χ3v) is 4.16. The summed E-state index contributed by atoms with van der Waals surface area (Å²) in [6.07, 6.45) is 1.04. The molecule has 0 unspecified atom stereocenters. The minimum absolute atomic E-state index is 0.0608. The second-order valence-electron chi connectivity index (χ2n) is 5.83. The number of amides is 1. The van der Waals surface area contributed by atoms with Crippen molar-refractivity contribution >= 4 is 22.6 Å². The van der Waals surface area contributed by atoms with E-state index in [2.05, 4.69) is 10.4 Å². The maximum absolute atomic E-state index is 12.2. The molecule has 1 amide bonds. The van der Waals surface area contributed by atoms with Crippen molar-refractivity contribution in [2.75, 3.05) is 5.32 Å². The Labute approximate surface area is 139 Å². The fraction of sp³-hybridized carbons (Fsp3) is 0.278. The zero-order valence-corrected chi connectivity index (χ0v) is 13.9. The van der Waals surface area contributed by atoms with E-state index in [-0.39, 0.29) is 11.5 Å². The number of anilines is 1. The zero-order chi connectivity index (χ0) is 17.3. The molecule has 6 heteroatoms. The maximum Gasteiger partial charge on any atom is 0.336 e. The van der Waals surface area contributed by atoms with Crippen LogP contribution in [0.15, 0.2) is 39.5 Å². The third-order valence-electron chi connectivity index (χ3n) is 4.16. The molecule has 1 aromatic carbocycles. The van der Waals surface area contributed by atoms with Gasteiger partial charge >= 0.3 is 5.63 Å². The summed E-state index contributed by atoms with van der Waals surface area (Å²) in [5.41, 5.74) is 3.96. The van der Waals surface area contributed by atoms with Crippen molar-refractivity contribution in [2.24, 2.45) is 7.05 Å². The molecule has 0 aliphatic carbocycles. The summed E-state index contributed by atoms with van der Waals surface area (Å²) in [4.78, 5) is 23.4. The van der Waals surface area contributed by atoms with Crippen LogP contribution in [0.5, 0.6) is 0 Å². The lowest BCUT2D eigenvalue weighted by Crippen LogP contribution is -2.12. The van der Waals surface area contributed by atoms with Crippen LogP contribution in [-0.4, -0.2) is 15.7 Å². The average molecular weight is 325 g/mol. The molecule has 2 heterocycles. The number of benzene rings is 1. The predicted molar refractivity (Wildman–Crippen MR) is 92.1 cm³/mol. The van der Waals surface area contributed by atoms with Crippen molar-refractivity contribution in [3.8, 4) is 0 Å². The molecule has 0 fully saturated rings. The number of fused-ring (bicyclic) bond motifs is 1. The van der Waals surface area contributed by atoms with Gasteiger partial charge in [-0.25, -0.2) is 4.79 Å². The van der Waals surface area contributed by atoms with Gasteiger partial charge < -0.3 is 9.73 Å². The van der Waals surface area contributed by atoms with E-state index in [0.717, 1.165) is 22.3 Å². The number of rotatable bonds is 4. The van der Waals surface area contributed by atoms with Gasteiger partial charge in [0.2, 0.25) is 5.91 Å². The molecule has 3 rings (SSSR count). The van der Waals surface area contributed by atoms with Gasteiger partial charge in [-0.3, -0.25) is 9.48 Å². The lowest BCUT2D eigenvalue weighted by molar-refractivity contribution is -0.116. The van der Waals surface area contributed by atoms with Gasteiger partial charge in [-0.2, -0.15) is 5.10 Å². The number of aromatic nitrogens is 2. The lowest BCUT2D eigenvalue weighted by Gasteiger charge is -2.06. The highest BCUT2D eigenvalue weighted by Crippen LogP contribution is 2.19. The number of carbonyl (C=O) groups excluding carboxylic acids is 1. The van der Waals surface area contributed by atoms with Crippen LogP contribution >= 0.6 is 0 Å². The van der Waals surface area contributed by atoms with Gasteiger partial charge in [-0.1, -0.05) is 0 Å². The molecule has 0 spiro atoms. The molecule has 0 radical (unpaired) electrons. The standard InChI is InChI=1S/C18H19N3O3/c1-11-15(12(2)21(3)20-11)6-8-17(22)19-14-5-7-16-13(10-14)4-9-18(23)24-16/h4-5,7,9-10H,6,8H2,1-3H3,(H,19,22). The lowest BCUT2D eigenvalue weighted by atomic mass is 10.1. The van der Waals surface area contributed by atoms with Gasteiger partial charge in [0.15, 0.2) is 0 Å². The van der Waals surface area contributed by atoms with E-state index in [9.17, 15) is 9.59 Å². The number of aryl methyl sites for hydroxylation is 2. The van der Waals surface area contributed by atoms with Crippen LogP contribution in [0.4, 0.5) is 5.69 Å². The highest BCUT2D eigenvalue weighted by Gasteiger charge is 2.11. The minimum Gasteiger partial charge on any atom is -0.423 e. The van der Waals surface area contributed by atoms with E-state index in [1.807, 2.05) is 25.6 Å². The van der Waals surface area contributed by atoms with Crippen LogP contribution < -0.4 is 10.9 Å². The normalized spacial score (nSPS) is 11.0. The van der Waals surface area contributed by atoms with Crippen LogP contribution in [0.2, 0.25) is 0 Å². The van der Waals surface area contributed by atoms with Crippen molar-refractivity contribution in [1.82, 2.24) is 9.78 Å². The van der Waals surface area contributed by atoms with Crippen LogP contribution in [-0.2, 0) is 18.3 Å². The Hall–Kier alpha value is -2.89. The molecule has 6 nitrogen and oxygen atoms in total. The maximum atomic E-state index is 12.2. The molecule has 3 aromatic rings. The molecule has 124 valence electrons. The quantitative estimate of drug-likeness (QED) is 0.748. The van der Waals surface area contributed by atoms with Crippen molar-refractivity contribution in [3.05, 3.63) is 57.7 Å². The summed E-state index contributed by atoms with van der Waals surface area (Å²) in [7, 11) is 1.90. The van der Waals surface area contributed by atoms with Crippen LogP contribution in [0.25, 0.3) is 11.0 Å². The Balaban J connectivity index is 1.68. The number of nitrogens with zero attached hydrogens (tertiary/aromatic N) is 2. The minimum atomic E-state index is -0.388. The number of hydrogen-bond donors (Lipinski definition) is 1. The average Bonchev–Trinajstić information content (AvgIpc) is 2.78. The zero-order valence-electron chi connectivity index (χ0n) is 13.9. The number of hydrogen-bond acceptors (Lipinski definition) is 4. The Morgan fingerprint density at radius 2 is 2.04 bits per heavy atom. The van der Waals surface area contributed by atoms with Crippen LogP contribution in [0.1, 0.15) is 23.4 Å². The second kappa shape index (κ2) is 6.31. The van der Waals surface area contributed by atoms with E-state index in [1.165, 1.54) is 6.07 Å². The first-order valence-electron chi connectivity index (χ1n) is 7.77. The van der Waals surface area contributed by atoms with Crippen LogP contribution in [0, 0.1) is 13.8 Å². The molecule has 0 aliphatic rings. The number of nitrogens with one attached hydrogen (secondary N) is 1. The highest BCUT2D eigenvalue weighted by molar-refractivity contribution is 5.93. The largest absolute Gasteiger partial charge is 0.423 e. The first-order chi connectivity index (χ1) is 11.4. The fourth-order valence-electron chi connectivity index (χ4n) is 2.79. The summed E-state index contributed by atoms with van der Waals surface area (Å²) < 4.78 is 6.91. The Kier molecular flexibility index (Phi) is 4.20. The van der Waals surface area contributed by atoms with Gasteiger partial charge in [0.1, 0.15) is 5.58 Å². The highest BCUT2D eigenvalue weighted by atomic mass is 16.4. The molecule has 24 heavy (non-hydrogen) atoms. The molecule has 0 saturated heterocycles. The monoisotopic (exact) mass is 325 g/mol. The summed E-state index contributed by atoms with van der Waals surface area (Å²) in [5.74, 6) is -0.0608. The van der Waals surface area contributed by atoms with E-state index < -0.39 is 0 Å². The van der Waals surface area contributed by atoms with Gasteiger partial charge in [0, 0.05) is 36.3 Å². The topological polar surface area (TPSA) is 77.1 Å². The summed E-state index contributed by atoms with van der Waals surface area (Å²) in [6.45, 7) is 3.96. The van der Waals surface area contributed by atoms with Crippen molar-refractivity contribution < 1.29 is 9.21 Å². The number of carbonyl (C=O) groups is 1. The summed E-state index contributed by atoms with van der Waals surface area (Å²) >= 11 is 0. The molecular weight excluding hydrogens is 306 g/mol. The van der Waals surface area contributed by atoms with Crippen molar-refractivity contribution in [1.29, 1.82) is 0 Å². The third kappa shape index (κ3) is 3.22.